The monoisotopic (exact) mass is 421 g/mol. The molecule has 3 aromatic rings. The first-order valence-corrected chi connectivity index (χ1v) is 9.72. The van der Waals surface area contributed by atoms with Crippen LogP contribution in [0.1, 0.15) is 22.3 Å². The lowest BCUT2D eigenvalue weighted by atomic mass is 10.1. The van der Waals surface area contributed by atoms with E-state index in [4.69, 9.17) is 12.2 Å². The van der Waals surface area contributed by atoms with Gasteiger partial charge in [0.15, 0.2) is 5.11 Å². The molecule has 0 bridgehead atoms. The number of nitrogens with one attached hydrogen (secondary N) is 3. The first kappa shape index (κ1) is 21.1. The molecular formula is C23H20FN3O2S. The van der Waals surface area contributed by atoms with E-state index in [1.54, 1.807) is 24.3 Å². The lowest BCUT2D eigenvalue weighted by molar-refractivity contribution is -0.116. The van der Waals surface area contributed by atoms with Crippen LogP contribution in [0, 0.1) is 5.82 Å². The Bertz CT molecular complexity index is 1040. The van der Waals surface area contributed by atoms with Gasteiger partial charge in [-0.25, -0.2) is 4.39 Å². The molecule has 2 amide bonds. The van der Waals surface area contributed by atoms with E-state index in [1.807, 2.05) is 30.3 Å². The SMILES string of the molecule is O=C(CCc1ccccc1)Nc1cccc(NC(=S)NC(=O)c2ccc(F)cc2)c1. The summed E-state index contributed by atoms with van der Waals surface area (Å²) in [5, 5.41) is 8.38. The molecule has 0 unspecified atom stereocenters. The number of aryl methyl sites for hydroxylation is 1. The van der Waals surface area contributed by atoms with Gasteiger partial charge in [-0.05, 0) is 66.7 Å². The summed E-state index contributed by atoms with van der Waals surface area (Å²) >= 11 is 5.16. The van der Waals surface area contributed by atoms with Crippen LogP contribution < -0.4 is 16.0 Å². The van der Waals surface area contributed by atoms with Gasteiger partial charge in [0, 0.05) is 23.4 Å². The highest BCUT2D eigenvalue weighted by atomic mass is 32.1. The van der Waals surface area contributed by atoms with Crippen LogP contribution in [-0.2, 0) is 11.2 Å². The van der Waals surface area contributed by atoms with E-state index in [9.17, 15) is 14.0 Å². The Morgan fingerprint density at radius 1 is 0.833 bits per heavy atom. The fourth-order valence-corrected chi connectivity index (χ4v) is 2.95. The summed E-state index contributed by atoms with van der Waals surface area (Å²) in [4.78, 5) is 24.3. The third-order valence-corrected chi connectivity index (χ3v) is 4.43. The van der Waals surface area contributed by atoms with Gasteiger partial charge < -0.3 is 10.6 Å². The Hall–Kier alpha value is -3.58. The van der Waals surface area contributed by atoms with Gasteiger partial charge in [0.1, 0.15) is 5.82 Å². The first-order chi connectivity index (χ1) is 14.5. The molecule has 5 nitrogen and oxygen atoms in total. The Balaban J connectivity index is 1.51. The number of hydrogen-bond donors (Lipinski definition) is 3. The number of rotatable bonds is 6. The van der Waals surface area contributed by atoms with E-state index in [2.05, 4.69) is 16.0 Å². The molecule has 0 spiro atoms. The smallest absolute Gasteiger partial charge is 0.257 e. The van der Waals surface area contributed by atoms with Crippen molar-refractivity contribution in [3.05, 3.63) is 95.8 Å². The van der Waals surface area contributed by atoms with Gasteiger partial charge in [0.05, 0.1) is 0 Å². The number of amides is 2. The van der Waals surface area contributed by atoms with E-state index in [0.29, 0.717) is 29.8 Å². The van der Waals surface area contributed by atoms with Gasteiger partial charge in [-0.2, -0.15) is 0 Å². The lowest BCUT2D eigenvalue weighted by Crippen LogP contribution is -2.34. The molecule has 152 valence electrons. The summed E-state index contributed by atoms with van der Waals surface area (Å²) in [5.41, 5.74) is 2.62. The highest BCUT2D eigenvalue weighted by Gasteiger charge is 2.09. The topological polar surface area (TPSA) is 70.2 Å². The maximum absolute atomic E-state index is 13.0. The van der Waals surface area contributed by atoms with Crippen molar-refractivity contribution in [1.82, 2.24) is 5.32 Å². The molecule has 0 atom stereocenters. The standard InChI is InChI=1S/C23H20FN3O2S/c24-18-12-10-17(11-13-18)22(29)27-23(30)26-20-8-4-7-19(15-20)25-21(28)14-9-16-5-2-1-3-6-16/h1-8,10-13,15H,9,14H2,(H,25,28)(H2,26,27,29,30). The van der Waals surface area contributed by atoms with Crippen LogP contribution in [-0.4, -0.2) is 16.9 Å². The summed E-state index contributed by atoms with van der Waals surface area (Å²) in [6.45, 7) is 0. The first-order valence-electron chi connectivity index (χ1n) is 9.31. The van der Waals surface area contributed by atoms with Gasteiger partial charge in [-0.1, -0.05) is 36.4 Å². The van der Waals surface area contributed by atoms with Crippen LogP contribution >= 0.6 is 12.2 Å². The normalized spacial score (nSPS) is 10.2. The van der Waals surface area contributed by atoms with Crippen molar-refractivity contribution in [3.63, 3.8) is 0 Å². The summed E-state index contributed by atoms with van der Waals surface area (Å²) in [6, 6.07) is 22.0. The third-order valence-electron chi connectivity index (χ3n) is 4.22. The van der Waals surface area contributed by atoms with Crippen molar-refractivity contribution in [2.24, 2.45) is 0 Å². The minimum atomic E-state index is -0.446. The second kappa shape index (κ2) is 10.3. The van der Waals surface area contributed by atoms with Gasteiger partial charge in [0.2, 0.25) is 5.91 Å². The number of hydrogen-bond acceptors (Lipinski definition) is 3. The molecule has 3 rings (SSSR count). The molecular weight excluding hydrogens is 401 g/mol. The summed E-state index contributed by atoms with van der Waals surface area (Å²) in [7, 11) is 0. The van der Waals surface area contributed by atoms with Gasteiger partial charge >= 0.3 is 0 Å². The molecule has 3 N–H and O–H groups in total. The van der Waals surface area contributed by atoms with Crippen molar-refractivity contribution in [3.8, 4) is 0 Å². The zero-order chi connectivity index (χ0) is 21.3. The average molecular weight is 421 g/mol. The van der Waals surface area contributed by atoms with Crippen LogP contribution in [0.15, 0.2) is 78.9 Å². The van der Waals surface area contributed by atoms with Gasteiger partial charge in [-0.15, -0.1) is 0 Å². The zero-order valence-electron chi connectivity index (χ0n) is 16.0. The van der Waals surface area contributed by atoms with E-state index < -0.39 is 11.7 Å². The summed E-state index contributed by atoms with van der Waals surface area (Å²) in [5.74, 6) is -0.962. The average Bonchev–Trinajstić information content (AvgIpc) is 2.73. The minimum absolute atomic E-state index is 0.0943. The largest absolute Gasteiger partial charge is 0.332 e. The molecule has 0 radical (unpaired) electrons. The molecule has 30 heavy (non-hydrogen) atoms. The quantitative estimate of drug-likeness (QED) is 0.512. The number of thiocarbonyl (C=S) groups is 1. The van der Waals surface area contributed by atoms with Crippen LogP contribution in [0.3, 0.4) is 0 Å². The number of halogens is 1. The zero-order valence-corrected chi connectivity index (χ0v) is 16.8. The van der Waals surface area contributed by atoms with Crippen molar-refractivity contribution >= 4 is 40.5 Å². The van der Waals surface area contributed by atoms with Crippen LogP contribution in [0.25, 0.3) is 0 Å². The Morgan fingerprint density at radius 3 is 2.20 bits per heavy atom. The Labute approximate surface area is 179 Å². The van der Waals surface area contributed by atoms with Crippen molar-refractivity contribution in [2.75, 3.05) is 10.6 Å². The van der Waals surface area contributed by atoms with Crippen LogP contribution in [0.2, 0.25) is 0 Å². The number of anilines is 2. The number of carbonyl (C=O) groups is 2. The predicted octanol–water partition coefficient (Wildman–Crippen LogP) is 4.52. The molecule has 0 aliphatic heterocycles. The second-order valence-corrected chi connectivity index (χ2v) is 6.94. The Kier molecular flexibility index (Phi) is 7.24. The fraction of sp³-hybridized carbons (Fsp3) is 0.0870. The molecule has 0 aliphatic carbocycles. The molecule has 7 heteroatoms. The van der Waals surface area contributed by atoms with Crippen LogP contribution in [0.4, 0.5) is 15.8 Å². The maximum Gasteiger partial charge on any atom is 0.257 e. The molecule has 0 saturated heterocycles. The van der Waals surface area contributed by atoms with Crippen LogP contribution in [0.5, 0.6) is 0 Å². The van der Waals surface area contributed by atoms with E-state index in [-0.39, 0.29) is 11.0 Å². The fourth-order valence-electron chi connectivity index (χ4n) is 2.74. The summed E-state index contributed by atoms with van der Waals surface area (Å²) < 4.78 is 13.0. The molecule has 0 aliphatic rings. The van der Waals surface area contributed by atoms with Gasteiger partial charge in [0.25, 0.3) is 5.91 Å². The molecule has 0 fully saturated rings. The van der Waals surface area contributed by atoms with Gasteiger partial charge in [-0.3, -0.25) is 14.9 Å². The van der Waals surface area contributed by atoms with Crippen molar-refractivity contribution < 1.29 is 14.0 Å². The molecule has 3 aromatic carbocycles. The van der Waals surface area contributed by atoms with Crippen molar-refractivity contribution in [1.29, 1.82) is 0 Å². The number of benzene rings is 3. The molecule has 0 heterocycles. The molecule has 0 aromatic heterocycles. The third kappa shape index (κ3) is 6.49. The second-order valence-electron chi connectivity index (χ2n) is 6.53. The van der Waals surface area contributed by atoms with E-state index >= 15 is 0 Å². The Morgan fingerprint density at radius 2 is 1.50 bits per heavy atom. The lowest BCUT2D eigenvalue weighted by Gasteiger charge is -2.11. The highest BCUT2D eigenvalue weighted by molar-refractivity contribution is 7.80. The van der Waals surface area contributed by atoms with E-state index in [0.717, 1.165) is 5.56 Å². The van der Waals surface area contributed by atoms with Crippen molar-refractivity contribution in [2.45, 2.75) is 12.8 Å². The predicted molar refractivity (Wildman–Crippen MR) is 120 cm³/mol. The summed E-state index contributed by atoms with van der Waals surface area (Å²) in [6.07, 6.45) is 1.03. The number of carbonyl (C=O) groups excluding carboxylic acids is 2. The highest BCUT2D eigenvalue weighted by Crippen LogP contribution is 2.16. The van der Waals surface area contributed by atoms with E-state index in [1.165, 1.54) is 24.3 Å². The molecule has 0 saturated carbocycles. The maximum atomic E-state index is 13.0. The minimum Gasteiger partial charge on any atom is -0.332 e.